The molecule has 0 aliphatic rings. The Morgan fingerprint density at radius 1 is 1.35 bits per heavy atom. The van der Waals surface area contributed by atoms with Gasteiger partial charge in [-0.25, -0.2) is 0 Å². The topological polar surface area (TPSA) is 60.2 Å². The first-order valence-electron chi connectivity index (χ1n) is 6.89. The lowest BCUT2D eigenvalue weighted by molar-refractivity contribution is 0.309. The van der Waals surface area contributed by atoms with Crippen molar-refractivity contribution in [2.45, 2.75) is 32.2 Å². The number of nitrogens with zero attached hydrogens (tertiary/aromatic N) is 1. The van der Waals surface area contributed by atoms with Gasteiger partial charge in [0.15, 0.2) is 0 Å². The molecule has 0 aliphatic heterocycles. The van der Waals surface area contributed by atoms with Crippen LogP contribution >= 0.6 is 11.3 Å². The summed E-state index contributed by atoms with van der Waals surface area (Å²) in [5, 5.41) is 0. The molecule has 0 fully saturated rings. The van der Waals surface area contributed by atoms with Crippen LogP contribution in [-0.4, -0.2) is 11.6 Å². The maximum absolute atomic E-state index is 5.66. The summed E-state index contributed by atoms with van der Waals surface area (Å²) in [5.41, 5.74) is 5.86. The summed E-state index contributed by atoms with van der Waals surface area (Å²) in [7, 11) is 0. The molecule has 3 N–H and O–H groups in total. The predicted octanol–water partition coefficient (Wildman–Crippen LogP) is 3.07. The molecule has 20 heavy (non-hydrogen) atoms. The summed E-state index contributed by atoms with van der Waals surface area (Å²) in [6.07, 6.45) is 4.96. The lowest BCUT2D eigenvalue weighted by Crippen LogP contribution is -2.29. The van der Waals surface area contributed by atoms with Crippen molar-refractivity contribution >= 4 is 11.3 Å². The highest BCUT2D eigenvalue weighted by atomic mass is 32.1. The number of benzene rings is 1. The SMILES string of the molecule is CCCCOc1ccc(C(Cc2cncs2)NN)cc1. The summed E-state index contributed by atoms with van der Waals surface area (Å²) in [6.45, 7) is 2.93. The van der Waals surface area contributed by atoms with E-state index in [1.54, 1.807) is 11.3 Å². The van der Waals surface area contributed by atoms with Crippen molar-refractivity contribution in [2.75, 3.05) is 6.61 Å². The third-order valence-electron chi connectivity index (χ3n) is 3.14. The van der Waals surface area contributed by atoms with Gasteiger partial charge in [-0.3, -0.25) is 16.3 Å². The van der Waals surface area contributed by atoms with E-state index < -0.39 is 0 Å². The Morgan fingerprint density at radius 3 is 2.75 bits per heavy atom. The molecule has 1 heterocycles. The molecule has 0 bridgehead atoms. The molecular weight excluding hydrogens is 270 g/mol. The fourth-order valence-electron chi connectivity index (χ4n) is 1.95. The quantitative estimate of drug-likeness (QED) is 0.446. The molecule has 2 rings (SSSR count). The zero-order valence-corrected chi connectivity index (χ0v) is 12.5. The van der Waals surface area contributed by atoms with Crippen molar-refractivity contribution in [2.24, 2.45) is 5.84 Å². The van der Waals surface area contributed by atoms with Gasteiger partial charge in [-0.05, 0) is 24.1 Å². The third-order valence-corrected chi connectivity index (χ3v) is 3.94. The average Bonchev–Trinajstić information content (AvgIpc) is 2.99. The standard InChI is InChI=1S/C15H21N3OS/c1-2-3-8-19-13-6-4-12(5-7-13)15(18-16)9-14-10-17-11-20-14/h4-7,10-11,15,18H,2-3,8-9,16H2,1H3. The number of hydrazine groups is 1. The van der Waals surface area contributed by atoms with E-state index in [-0.39, 0.29) is 6.04 Å². The van der Waals surface area contributed by atoms with Crippen LogP contribution in [0.5, 0.6) is 5.75 Å². The summed E-state index contributed by atoms with van der Waals surface area (Å²) < 4.78 is 5.66. The Balaban J connectivity index is 1.96. The second-order valence-corrected chi connectivity index (χ2v) is 5.63. The minimum Gasteiger partial charge on any atom is -0.494 e. The second-order valence-electron chi connectivity index (χ2n) is 4.66. The highest BCUT2D eigenvalue weighted by Gasteiger charge is 2.11. The first-order valence-corrected chi connectivity index (χ1v) is 7.77. The molecule has 2 aromatic rings. The van der Waals surface area contributed by atoms with Gasteiger partial charge in [0.05, 0.1) is 18.2 Å². The first-order chi connectivity index (χ1) is 9.83. The summed E-state index contributed by atoms with van der Waals surface area (Å²) in [4.78, 5) is 5.31. The van der Waals surface area contributed by atoms with Gasteiger partial charge in [0, 0.05) is 17.5 Å². The number of nitrogens with one attached hydrogen (secondary N) is 1. The molecule has 5 heteroatoms. The fraction of sp³-hybridized carbons (Fsp3) is 0.400. The number of thiazole rings is 1. The highest BCUT2D eigenvalue weighted by Crippen LogP contribution is 2.22. The van der Waals surface area contributed by atoms with E-state index in [2.05, 4.69) is 29.5 Å². The number of hydrogen-bond acceptors (Lipinski definition) is 5. The number of hydrogen-bond donors (Lipinski definition) is 2. The molecule has 0 saturated carbocycles. The van der Waals surface area contributed by atoms with Crippen LogP contribution in [0.15, 0.2) is 36.0 Å². The van der Waals surface area contributed by atoms with Crippen molar-refractivity contribution in [3.05, 3.63) is 46.4 Å². The van der Waals surface area contributed by atoms with Crippen LogP contribution < -0.4 is 16.0 Å². The molecule has 1 aromatic carbocycles. The largest absolute Gasteiger partial charge is 0.494 e. The summed E-state index contributed by atoms with van der Waals surface area (Å²) in [6, 6.07) is 8.23. The zero-order valence-electron chi connectivity index (χ0n) is 11.7. The fourth-order valence-corrected chi connectivity index (χ4v) is 2.59. The van der Waals surface area contributed by atoms with Crippen LogP contribution in [0.4, 0.5) is 0 Å². The van der Waals surface area contributed by atoms with Crippen LogP contribution in [0.2, 0.25) is 0 Å². The Kier molecular flexibility index (Phi) is 5.98. The smallest absolute Gasteiger partial charge is 0.119 e. The van der Waals surface area contributed by atoms with Crippen LogP contribution in [0.1, 0.15) is 36.2 Å². The van der Waals surface area contributed by atoms with E-state index in [9.17, 15) is 0 Å². The number of aromatic nitrogens is 1. The van der Waals surface area contributed by atoms with Crippen molar-refractivity contribution in [3.8, 4) is 5.75 Å². The number of rotatable bonds is 8. The molecule has 0 radical (unpaired) electrons. The Hall–Kier alpha value is -1.43. The number of nitrogens with two attached hydrogens (primary N) is 1. The molecule has 0 aliphatic carbocycles. The number of ether oxygens (including phenoxy) is 1. The van der Waals surface area contributed by atoms with Crippen LogP contribution in [0.25, 0.3) is 0 Å². The Bertz CT molecular complexity index is 484. The molecule has 0 amide bonds. The molecule has 1 atom stereocenters. The minimum atomic E-state index is 0.0974. The monoisotopic (exact) mass is 291 g/mol. The van der Waals surface area contributed by atoms with Gasteiger partial charge >= 0.3 is 0 Å². The lowest BCUT2D eigenvalue weighted by Gasteiger charge is -2.16. The maximum Gasteiger partial charge on any atom is 0.119 e. The van der Waals surface area contributed by atoms with E-state index in [0.29, 0.717) is 0 Å². The molecule has 0 spiro atoms. The maximum atomic E-state index is 5.66. The first kappa shape index (κ1) is 15.0. The van der Waals surface area contributed by atoms with Gasteiger partial charge < -0.3 is 4.74 Å². The summed E-state index contributed by atoms with van der Waals surface area (Å²) >= 11 is 1.65. The van der Waals surface area contributed by atoms with Crippen molar-refractivity contribution in [1.82, 2.24) is 10.4 Å². The van der Waals surface area contributed by atoms with Gasteiger partial charge in [-0.2, -0.15) is 0 Å². The van der Waals surface area contributed by atoms with E-state index >= 15 is 0 Å². The van der Waals surface area contributed by atoms with Crippen molar-refractivity contribution in [3.63, 3.8) is 0 Å². The molecule has 108 valence electrons. The van der Waals surface area contributed by atoms with Gasteiger partial charge in [-0.1, -0.05) is 25.5 Å². The Labute approximate surface area is 124 Å². The van der Waals surface area contributed by atoms with Crippen LogP contribution in [0.3, 0.4) is 0 Å². The van der Waals surface area contributed by atoms with Gasteiger partial charge in [0.25, 0.3) is 0 Å². The van der Waals surface area contributed by atoms with Crippen LogP contribution in [0, 0.1) is 0 Å². The summed E-state index contributed by atoms with van der Waals surface area (Å²) in [5.74, 6) is 6.57. The third kappa shape index (κ3) is 4.30. The predicted molar refractivity (Wildman–Crippen MR) is 82.7 cm³/mol. The average molecular weight is 291 g/mol. The van der Waals surface area contributed by atoms with Gasteiger partial charge in [0.2, 0.25) is 0 Å². The normalized spacial score (nSPS) is 12.3. The minimum absolute atomic E-state index is 0.0974. The highest BCUT2D eigenvalue weighted by molar-refractivity contribution is 7.09. The van der Waals surface area contributed by atoms with Crippen molar-refractivity contribution in [1.29, 1.82) is 0 Å². The molecule has 4 nitrogen and oxygen atoms in total. The Morgan fingerprint density at radius 2 is 2.15 bits per heavy atom. The van der Waals surface area contributed by atoms with Crippen LogP contribution in [-0.2, 0) is 6.42 Å². The molecule has 0 saturated heterocycles. The van der Waals surface area contributed by atoms with Gasteiger partial charge in [0.1, 0.15) is 5.75 Å². The van der Waals surface area contributed by atoms with E-state index in [4.69, 9.17) is 10.6 Å². The number of unbranched alkanes of at least 4 members (excludes halogenated alkanes) is 1. The van der Waals surface area contributed by atoms with Gasteiger partial charge in [-0.15, -0.1) is 11.3 Å². The lowest BCUT2D eigenvalue weighted by atomic mass is 10.0. The second kappa shape index (κ2) is 7.99. The molecule has 1 aromatic heterocycles. The van der Waals surface area contributed by atoms with E-state index in [1.165, 1.54) is 4.88 Å². The van der Waals surface area contributed by atoms with E-state index in [1.807, 2.05) is 23.8 Å². The van der Waals surface area contributed by atoms with E-state index in [0.717, 1.165) is 37.2 Å². The van der Waals surface area contributed by atoms with Crippen molar-refractivity contribution < 1.29 is 4.74 Å². The molecule has 1 unspecified atom stereocenters. The molecular formula is C15H21N3OS. The zero-order chi connectivity index (χ0) is 14.2.